The smallest absolute Gasteiger partial charge is 0.233 e. The lowest BCUT2D eigenvalue weighted by Crippen LogP contribution is -2.51. The van der Waals surface area contributed by atoms with E-state index in [0.29, 0.717) is 18.5 Å². The van der Waals surface area contributed by atoms with Crippen LogP contribution in [0.25, 0.3) is 0 Å². The van der Waals surface area contributed by atoms with Crippen molar-refractivity contribution in [2.45, 2.75) is 69.7 Å². The van der Waals surface area contributed by atoms with E-state index in [2.05, 4.69) is 64.0 Å². The van der Waals surface area contributed by atoms with Crippen LogP contribution in [0.2, 0.25) is 0 Å². The van der Waals surface area contributed by atoms with E-state index in [-0.39, 0.29) is 35.3 Å². The average Bonchev–Trinajstić information content (AvgIpc) is 3.28. The lowest BCUT2D eigenvalue weighted by Gasteiger charge is -2.34. The molecule has 0 radical (unpaired) electrons. The Balaban J connectivity index is 0.00000363. The normalized spacial score (nSPS) is 19.5. The quantitative estimate of drug-likeness (QED) is 0.273. The van der Waals surface area contributed by atoms with Crippen LogP contribution < -0.4 is 16.0 Å². The highest BCUT2D eigenvalue weighted by atomic mass is 127. The minimum atomic E-state index is 0. The van der Waals surface area contributed by atoms with Crippen molar-refractivity contribution in [3.63, 3.8) is 0 Å². The van der Waals surface area contributed by atoms with Gasteiger partial charge in [0.05, 0.1) is 6.54 Å². The summed E-state index contributed by atoms with van der Waals surface area (Å²) in [6, 6.07) is 9.71. The third-order valence-corrected chi connectivity index (χ3v) is 7.14. The van der Waals surface area contributed by atoms with Crippen LogP contribution in [0.5, 0.6) is 0 Å². The number of rotatable bonds is 7. The van der Waals surface area contributed by atoms with Gasteiger partial charge in [0.1, 0.15) is 0 Å². The number of carbonyl (C=O) groups is 1. The molecule has 3 rings (SSSR count). The molecule has 6 nitrogen and oxygen atoms in total. The number of guanidine groups is 1. The van der Waals surface area contributed by atoms with E-state index in [9.17, 15) is 4.79 Å². The Morgan fingerprint density at radius 1 is 1.16 bits per heavy atom. The summed E-state index contributed by atoms with van der Waals surface area (Å²) in [6.07, 6.45) is 7.11. The third kappa shape index (κ3) is 7.07. The number of likely N-dealkylation sites (tertiary alicyclic amines) is 1. The van der Waals surface area contributed by atoms with E-state index < -0.39 is 0 Å². The van der Waals surface area contributed by atoms with E-state index in [1.54, 1.807) is 7.05 Å². The Kier molecular flexibility index (Phi) is 10.7. The van der Waals surface area contributed by atoms with Crippen molar-refractivity contribution in [3.8, 4) is 0 Å². The molecule has 180 valence electrons. The Bertz CT molecular complexity index is 735. The molecule has 1 aliphatic carbocycles. The lowest BCUT2D eigenvalue weighted by molar-refractivity contribution is -0.122. The maximum atomic E-state index is 11.6. The molecule has 1 amide bonds. The maximum absolute atomic E-state index is 11.6. The van der Waals surface area contributed by atoms with Gasteiger partial charge in [-0.15, -0.1) is 24.0 Å². The summed E-state index contributed by atoms with van der Waals surface area (Å²) in [5.74, 6) is 1.56. The van der Waals surface area contributed by atoms with Gasteiger partial charge in [0.15, 0.2) is 5.96 Å². The van der Waals surface area contributed by atoms with Crippen LogP contribution in [0.3, 0.4) is 0 Å². The molecule has 1 saturated carbocycles. The van der Waals surface area contributed by atoms with E-state index in [1.165, 1.54) is 36.8 Å². The first-order chi connectivity index (χ1) is 15.0. The van der Waals surface area contributed by atoms with E-state index >= 15 is 0 Å². The Morgan fingerprint density at radius 2 is 1.78 bits per heavy atom. The molecule has 0 bridgehead atoms. The number of amides is 1. The van der Waals surface area contributed by atoms with Crippen molar-refractivity contribution in [2.24, 2.45) is 4.99 Å². The molecule has 1 aromatic carbocycles. The third-order valence-electron chi connectivity index (χ3n) is 7.14. The zero-order valence-electron chi connectivity index (χ0n) is 20.2. The number of benzene rings is 1. The van der Waals surface area contributed by atoms with Crippen LogP contribution in [0, 0.1) is 0 Å². The molecule has 1 aliphatic heterocycles. The van der Waals surface area contributed by atoms with Crippen LogP contribution >= 0.6 is 24.0 Å². The molecule has 2 fully saturated rings. The van der Waals surface area contributed by atoms with Crippen LogP contribution in [0.4, 0.5) is 0 Å². The summed E-state index contributed by atoms with van der Waals surface area (Å²) in [6.45, 7) is 7.79. The van der Waals surface area contributed by atoms with Gasteiger partial charge in [-0.05, 0) is 42.7 Å². The van der Waals surface area contributed by atoms with E-state index in [1.807, 2.05) is 7.05 Å². The first-order valence-electron chi connectivity index (χ1n) is 12.0. The number of hydrogen-bond acceptors (Lipinski definition) is 3. The molecule has 1 aromatic rings. The number of likely N-dealkylation sites (N-methyl/N-ethyl adjacent to an activating group) is 1. The summed E-state index contributed by atoms with van der Waals surface area (Å²) >= 11 is 0. The summed E-state index contributed by atoms with van der Waals surface area (Å²) in [7, 11) is 3.55. The Hall–Kier alpha value is -1.35. The molecule has 7 heteroatoms. The van der Waals surface area contributed by atoms with Gasteiger partial charge < -0.3 is 16.0 Å². The van der Waals surface area contributed by atoms with E-state index in [0.717, 1.165) is 38.4 Å². The second-order valence-electron chi connectivity index (χ2n) is 9.56. The minimum absolute atomic E-state index is 0. The van der Waals surface area contributed by atoms with Gasteiger partial charge in [-0.3, -0.25) is 14.7 Å². The first kappa shape index (κ1) is 26.9. The molecule has 2 aliphatic rings. The number of nitrogens with one attached hydrogen (secondary N) is 3. The maximum Gasteiger partial charge on any atom is 0.233 e. The summed E-state index contributed by atoms with van der Waals surface area (Å²) in [5, 5.41) is 9.98. The number of nitrogens with zero attached hydrogens (tertiary/aromatic N) is 2. The monoisotopic (exact) mass is 555 g/mol. The number of hydrogen-bond donors (Lipinski definition) is 3. The minimum Gasteiger partial charge on any atom is -0.358 e. The van der Waals surface area contributed by atoms with Gasteiger partial charge in [-0.25, -0.2) is 0 Å². The number of aliphatic imine (C=N–C) groups is 1. The SMILES string of the molecule is CN=C(NCC1(c2ccc(C(C)C)cc2)CCCC1)NC1CCN(CC(=O)NC)CC1.I. The van der Waals surface area contributed by atoms with Crippen molar-refractivity contribution in [1.29, 1.82) is 0 Å². The predicted molar refractivity (Wildman–Crippen MR) is 144 cm³/mol. The molecular formula is C25H42IN5O. The molecule has 0 aromatic heterocycles. The summed E-state index contributed by atoms with van der Waals surface area (Å²) < 4.78 is 0. The molecule has 1 heterocycles. The molecule has 3 N–H and O–H groups in total. The van der Waals surface area contributed by atoms with Gasteiger partial charge in [0.2, 0.25) is 5.91 Å². The first-order valence-corrected chi connectivity index (χ1v) is 12.0. The Labute approximate surface area is 211 Å². The second-order valence-corrected chi connectivity index (χ2v) is 9.56. The zero-order chi connectivity index (χ0) is 22.3. The number of halogens is 1. The molecule has 32 heavy (non-hydrogen) atoms. The summed E-state index contributed by atoms with van der Waals surface area (Å²) in [5.41, 5.74) is 3.06. The molecule has 1 saturated heterocycles. The van der Waals surface area contributed by atoms with Crippen LogP contribution in [-0.4, -0.2) is 63.1 Å². The molecule has 0 unspecified atom stereocenters. The zero-order valence-corrected chi connectivity index (χ0v) is 22.6. The van der Waals surface area contributed by atoms with Crippen LogP contribution in [0.15, 0.2) is 29.3 Å². The second kappa shape index (κ2) is 12.8. The predicted octanol–water partition coefficient (Wildman–Crippen LogP) is 3.62. The van der Waals surface area contributed by atoms with E-state index in [4.69, 9.17) is 0 Å². The van der Waals surface area contributed by atoms with Crippen molar-refractivity contribution in [3.05, 3.63) is 35.4 Å². The number of piperidine rings is 1. The fourth-order valence-electron chi connectivity index (χ4n) is 5.00. The standard InChI is InChI=1S/C25H41N5O.HI/c1-19(2)20-7-9-21(10-8-20)25(13-5-6-14-25)18-28-24(27-4)29-22-11-15-30(16-12-22)17-23(31)26-3;/h7-10,19,22H,5-6,11-18H2,1-4H3,(H,26,31)(H2,27,28,29);1H. The van der Waals surface area contributed by atoms with Crippen molar-refractivity contribution in [2.75, 3.05) is 40.3 Å². The number of carbonyl (C=O) groups excluding carboxylic acids is 1. The summed E-state index contributed by atoms with van der Waals surface area (Å²) in [4.78, 5) is 18.3. The van der Waals surface area contributed by atoms with Crippen molar-refractivity contribution >= 4 is 35.8 Å². The van der Waals surface area contributed by atoms with Gasteiger partial charge in [-0.1, -0.05) is 51.0 Å². The fraction of sp³-hybridized carbons (Fsp3) is 0.680. The topological polar surface area (TPSA) is 68.8 Å². The van der Waals surface area contributed by atoms with Crippen molar-refractivity contribution < 1.29 is 4.79 Å². The highest BCUT2D eigenvalue weighted by molar-refractivity contribution is 14.0. The fourth-order valence-corrected chi connectivity index (χ4v) is 5.00. The molecule has 0 atom stereocenters. The van der Waals surface area contributed by atoms with Crippen LogP contribution in [0.1, 0.15) is 69.4 Å². The van der Waals surface area contributed by atoms with Crippen molar-refractivity contribution in [1.82, 2.24) is 20.9 Å². The molecule has 0 spiro atoms. The highest BCUT2D eigenvalue weighted by Crippen LogP contribution is 2.41. The van der Waals surface area contributed by atoms with Gasteiger partial charge in [0.25, 0.3) is 0 Å². The Morgan fingerprint density at radius 3 is 2.31 bits per heavy atom. The highest BCUT2D eigenvalue weighted by Gasteiger charge is 2.36. The lowest BCUT2D eigenvalue weighted by atomic mass is 9.78. The van der Waals surface area contributed by atoms with Gasteiger partial charge >= 0.3 is 0 Å². The largest absolute Gasteiger partial charge is 0.358 e. The van der Waals surface area contributed by atoms with Gasteiger partial charge in [0, 0.05) is 45.2 Å². The average molecular weight is 556 g/mol. The molecular weight excluding hydrogens is 513 g/mol. The van der Waals surface area contributed by atoms with Gasteiger partial charge in [-0.2, -0.15) is 0 Å². The van der Waals surface area contributed by atoms with Crippen LogP contribution in [-0.2, 0) is 10.2 Å².